The number of nitrogens with zero attached hydrogens (tertiary/aromatic N) is 2. The number of likely N-dealkylation sites (N-methyl/N-ethyl adjacent to an activating group) is 1. The Morgan fingerprint density at radius 3 is 2.52 bits per heavy atom. The molecule has 4 nitrogen and oxygen atoms in total. The van der Waals surface area contributed by atoms with Crippen LogP contribution in [-0.2, 0) is 11.3 Å². The zero-order chi connectivity index (χ0) is 15.1. The molecule has 1 heterocycles. The molecule has 1 amide bonds. The van der Waals surface area contributed by atoms with Gasteiger partial charge in [-0.05, 0) is 24.9 Å². The van der Waals surface area contributed by atoms with Crippen molar-refractivity contribution in [1.82, 2.24) is 9.80 Å². The molecule has 116 valence electrons. The lowest BCUT2D eigenvalue weighted by Gasteiger charge is -2.30. The first-order chi connectivity index (χ1) is 10.2. The number of hydrogen-bond acceptors (Lipinski definition) is 3. The molecule has 1 aliphatic heterocycles. The van der Waals surface area contributed by atoms with Gasteiger partial charge in [0, 0.05) is 38.6 Å². The van der Waals surface area contributed by atoms with Crippen LogP contribution < -0.4 is 5.73 Å². The first kappa shape index (κ1) is 16.0. The molecule has 21 heavy (non-hydrogen) atoms. The van der Waals surface area contributed by atoms with Gasteiger partial charge in [-0.1, -0.05) is 37.3 Å². The van der Waals surface area contributed by atoms with Crippen molar-refractivity contribution < 1.29 is 4.79 Å². The van der Waals surface area contributed by atoms with E-state index in [2.05, 4.69) is 36.1 Å². The Bertz CT molecular complexity index is 429. The summed E-state index contributed by atoms with van der Waals surface area (Å²) in [6, 6.07) is 10.5. The van der Waals surface area contributed by atoms with Gasteiger partial charge in [0.1, 0.15) is 0 Å². The van der Waals surface area contributed by atoms with Gasteiger partial charge in [0.25, 0.3) is 0 Å². The van der Waals surface area contributed by atoms with E-state index in [9.17, 15) is 4.79 Å². The number of benzene rings is 1. The quantitative estimate of drug-likeness (QED) is 0.833. The van der Waals surface area contributed by atoms with Crippen LogP contribution in [0.5, 0.6) is 0 Å². The van der Waals surface area contributed by atoms with Gasteiger partial charge in [0.2, 0.25) is 5.91 Å². The molecule has 1 saturated heterocycles. The molecule has 0 saturated carbocycles. The fourth-order valence-electron chi connectivity index (χ4n) is 2.98. The maximum Gasteiger partial charge on any atom is 0.224 e. The van der Waals surface area contributed by atoms with Gasteiger partial charge in [0.05, 0.1) is 0 Å². The van der Waals surface area contributed by atoms with E-state index in [0.29, 0.717) is 13.0 Å². The highest BCUT2D eigenvalue weighted by Gasteiger charge is 2.24. The molecule has 1 fully saturated rings. The van der Waals surface area contributed by atoms with Crippen LogP contribution in [0.3, 0.4) is 0 Å². The minimum atomic E-state index is 0.128. The summed E-state index contributed by atoms with van der Waals surface area (Å²) in [6.45, 7) is 6.25. The smallest absolute Gasteiger partial charge is 0.224 e. The van der Waals surface area contributed by atoms with Gasteiger partial charge >= 0.3 is 0 Å². The monoisotopic (exact) mass is 289 g/mol. The minimum Gasteiger partial charge on any atom is -0.343 e. The first-order valence-corrected chi connectivity index (χ1v) is 8.00. The Kier molecular flexibility index (Phi) is 6.21. The molecule has 2 N–H and O–H groups in total. The van der Waals surface area contributed by atoms with Crippen LogP contribution in [0.1, 0.15) is 31.7 Å². The molecule has 1 aromatic carbocycles. The highest BCUT2D eigenvalue weighted by atomic mass is 16.2. The van der Waals surface area contributed by atoms with Crippen LogP contribution in [0.4, 0.5) is 0 Å². The number of carbonyl (C=O) groups is 1. The summed E-state index contributed by atoms with van der Waals surface area (Å²) in [5.41, 5.74) is 7.21. The fraction of sp³-hybridized carbons (Fsp3) is 0.588. The van der Waals surface area contributed by atoms with Crippen molar-refractivity contribution in [1.29, 1.82) is 0 Å². The molecule has 0 aliphatic carbocycles. The summed E-state index contributed by atoms with van der Waals surface area (Å²) in [5.74, 6) is 0.259. The standard InChI is InChI=1S/C17H27N3O/c1-2-19(14-15-8-4-3-5-9-15)16(13-18)12-17(21)20-10-6-7-11-20/h3-5,8-9,16H,2,6-7,10-14,18H2,1H3. The van der Waals surface area contributed by atoms with Crippen molar-refractivity contribution in [2.75, 3.05) is 26.2 Å². The van der Waals surface area contributed by atoms with E-state index in [4.69, 9.17) is 5.73 Å². The van der Waals surface area contributed by atoms with Crippen LogP contribution in [0.15, 0.2) is 30.3 Å². The molecule has 4 heteroatoms. The summed E-state index contributed by atoms with van der Waals surface area (Å²) >= 11 is 0. The average Bonchev–Trinajstić information content (AvgIpc) is 3.06. The Morgan fingerprint density at radius 2 is 1.95 bits per heavy atom. The topological polar surface area (TPSA) is 49.6 Å². The molecule has 1 unspecified atom stereocenters. The Labute approximate surface area is 127 Å². The summed E-state index contributed by atoms with van der Waals surface area (Å²) in [7, 11) is 0. The van der Waals surface area contributed by atoms with Crippen molar-refractivity contribution in [3.8, 4) is 0 Å². The second-order valence-electron chi connectivity index (χ2n) is 5.73. The normalized spacial score (nSPS) is 16.4. The molecule has 0 radical (unpaired) electrons. The van der Waals surface area contributed by atoms with E-state index >= 15 is 0 Å². The third-order valence-electron chi connectivity index (χ3n) is 4.29. The lowest BCUT2D eigenvalue weighted by atomic mass is 10.1. The first-order valence-electron chi connectivity index (χ1n) is 8.00. The van der Waals surface area contributed by atoms with Crippen molar-refractivity contribution in [3.63, 3.8) is 0 Å². The van der Waals surface area contributed by atoms with Crippen LogP contribution in [0, 0.1) is 0 Å². The molecule has 0 aromatic heterocycles. The van der Waals surface area contributed by atoms with Crippen LogP contribution >= 0.6 is 0 Å². The number of nitrogens with two attached hydrogens (primary N) is 1. The maximum absolute atomic E-state index is 12.3. The third kappa shape index (κ3) is 4.55. The van der Waals surface area contributed by atoms with Crippen molar-refractivity contribution in [2.24, 2.45) is 5.73 Å². The fourth-order valence-corrected chi connectivity index (χ4v) is 2.98. The van der Waals surface area contributed by atoms with Crippen LogP contribution in [0.2, 0.25) is 0 Å². The van der Waals surface area contributed by atoms with Crippen LogP contribution in [0.25, 0.3) is 0 Å². The lowest BCUT2D eigenvalue weighted by molar-refractivity contribution is -0.131. The van der Waals surface area contributed by atoms with Gasteiger partial charge in [0.15, 0.2) is 0 Å². The van der Waals surface area contributed by atoms with Gasteiger partial charge in [-0.15, -0.1) is 0 Å². The molecule has 1 aliphatic rings. The Hall–Kier alpha value is -1.39. The number of likely N-dealkylation sites (tertiary alicyclic amines) is 1. The minimum absolute atomic E-state index is 0.128. The predicted octanol–water partition coefficient (Wildman–Crippen LogP) is 1.85. The van der Waals surface area contributed by atoms with E-state index in [1.54, 1.807) is 0 Å². The van der Waals surface area contributed by atoms with E-state index < -0.39 is 0 Å². The van der Waals surface area contributed by atoms with E-state index in [-0.39, 0.29) is 11.9 Å². The highest BCUT2D eigenvalue weighted by Crippen LogP contribution is 2.14. The average molecular weight is 289 g/mol. The van der Waals surface area contributed by atoms with Gasteiger partial charge < -0.3 is 10.6 Å². The maximum atomic E-state index is 12.3. The van der Waals surface area contributed by atoms with Crippen LogP contribution in [-0.4, -0.2) is 47.9 Å². The second-order valence-corrected chi connectivity index (χ2v) is 5.73. The van der Waals surface area contributed by atoms with Crippen molar-refractivity contribution >= 4 is 5.91 Å². The zero-order valence-corrected chi connectivity index (χ0v) is 13.0. The summed E-state index contributed by atoms with van der Waals surface area (Å²) in [4.78, 5) is 16.6. The highest BCUT2D eigenvalue weighted by molar-refractivity contribution is 5.77. The van der Waals surface area contributed by atoms with Gasteiger partial charge in [-0.25, -0.2) is 0 Å². The molecular weight excluding hydrogens is 262 g/mol. The Balaban J connectivity index is 1.94. The largest absolute Gasteiger partial charge is 0.343 e. The zero-order valence-electron chi connectivity index (χ0n) is 13.0. The summed E-state index contributed by atoms with van der Waals surface area (Å²) in [5, 5.41) is 0. The third-order valence-corrected chi connectivity index (χ3v) is 4.29. The summed E-state index contributed by atoms with van der Waals surface area (Å²) in [6.07, 6.45) is 2.82. The second kappa shape index (κ2) is 8.15. The van der Waals surface area contributed by atoms with Crippen molar-refractivity contribution in [3.05, 3.63) is 35.9 Å². The molecule has 2 rings (SSSR count). The molecular formula is C17H27N3O. The van der Waals surface area contributed by atoms with E-state index in [0.717, 1.165) is 39.0 Å². The number of hydrogen-bond donors (Lipinski definition) is 1. The molecule has 1 aromatic rings. The van der Waals surface area contributed by atoms with Gasteiger partial charge in [-0.2, -0.15) is 0 Å². The molecule has 1 atom stereocenters. The number of carbonyl (C=O) groups excluding carboxylic acids is 1. The van der Waals surface area contributed by atoms with Gasteiger partial charge in [-0.3, -0.25) is 9.69 Å². The predicted molar refractivity (Wildman–Crippen MR) is 85.8 cm³/mol. The molecule has 0 spiro atoms. The molecule has 0 bridgehead atoms. The Morgan fingerprint density at radius 1 is 1.29 bits per heavy atom. The summed E-state index contributed by atoms with van der Waals surface area (Å²) < 4.78 is 0. The lowest BCUT2D eigenvalue weighted by Crippen LogP contribution is -2.44. The number of amides is 1. The number of rotatable bonds is 7. The van der Waals surface area contributed by atoms with E-state index in [1.807, 2.05) is 11.0 Å². The van der Waals surface area contributed by atoms with E-state index in [1.165, 1.54) is 5.56 Å². The SMILES string of the molecule is CCN(Cc1ccccc1)C(CN)CC(=O)N1CCCC1. The van der Waals surface area contributed by atoms with Crippen molar-refractivity contribution in [2.45, 2.75) is 38.8 Å².